The zero-order valence-electron chi connectivity index (χ0n) is 15.3. The Hall–Kier alpha value is -2.71. The van der Waals surface area contributed by atoms with E-state index in [1.165, 1.54) is 0 Å². The first-order valence-electron chi connectivity index (χ1n) is 8.60. The van der Waals surface area contributed by atoms with E-state index in [9.17, 15) is 4.79 Å². The van der Waals surface area contributed by atoms with Crippen LogP contribution in [-0.2, 0) is 22.6 Å². The Kier molecular flexibility index (Phi) is 6.20. The van der Waals surface area contributed by atoms with Crippen LogP contribution in [-0.4, -0.2) is 45.8 Å². The number of carbonyl (C=O) groups is 1. The second-order valence-corrected chi connectivity index (χ2v) is 6.58. The second kappa shape index (κ2) is 8.79. The maximum absolute atomic E-state index is 13.0. The van der Waals surface area contributed by atoms with E-state index in [1.54, 1.807) is 28.9 Å². The van der Waals surface area contributed by atoms with Crippen LogP contribution in [0.25, 0.3) is 11.4 Å². The molecular weight excluding hydrogens is 364 g/mol. The van der Waals surface area contributed by atoms with Crippen molar-refractivity contribution < 1.29 is 13.9 Å². The zero-order valence-corrected chi connectivity index (χ0v) is 16.2. The molecule has 0 radical (unpaired) electrons. The minimum Gasteiger partial charge on any atom is -0.467 e. The van der Waals surface area contributed by atoms with Crippen LogP contribution in [0.3, 0.4) is 0 Å². The Morgan fingerprint density at radius 2 is 2.11 bits per heavy atom. The highest BCUT2D eigenvalue weighted by atomic mass is 32.1. The number of aromatic amines is 1. The molecule has 0 aliphatic heterocycles. The highest BCUT2D eigenvalue weighted by molar-refractivity contribution is 7.71. The molecule has 2 heterocycles. The summed E-state index contributed by atoms with van der Waals surface area (Å²) in [5.41, 5.74) is 2.05. The number of hydrogen-bond donors (Lipinski definition) is 1. The number of carbonyl (C=O) groups excluding carboxylic acids is 1. The van der Waals surface area contributed by atoms with E-state index in [1.807, 2.05) is 37.3 Å². The number of ether oxygens (including phenoxy) is 1. The number of nitrogens with one attached hydrogen (secondary N) is 1. The molecule has 0 spiro atoms. The van der Waals surface area contributed by atoms with Crippen LogP contribution in [0.5, 0.6) is 0 Å². The number of amides is 1. The van der Waals surface area contributed by atoms with Gasteiger partial charge in [-0.05, 0) is 31.3 Å². The molecule has 0 aliphatic carbocycles. The van der Waals surface area contributed by atoms with Crippen molar-refractivity contribution in [3.05, 3.63) is 58.8 Å². The minimum atomic E-state index is -0.0886. The fourth-order valence-corrected chi connectivity index (χ4v) is 2.90. The van der Waals surface area contributed by atoms with Gasteiger partial charge in [0.1, 0.15) is 12.3 Å². The largest absolute Gasteiger partial charge is 0.467 e. The van der Waals surface area contributed by atoms with E-state index in [-0.39, 0.29) is 12.5 Å². The molecule has 0 aliphatic rings. The lowest BCUT2D eigenvalue weighted by Gasteiger charge is -2.22. The van der Waals surface area contributed by atoms with Crippen LogP contribution < -0.4 is 0 Å². The van der Waals surface area contributed by atoms with Gasteiger partial charge in [-0.3, -0.25) is 14.5 Å². The van der Waals surface area contributed by atoms with Gasteiger partial charge in [0.05, 0.1) is 19.4 Å². The van der Waals surface area contributed by atoms with Crippen molar-refractivity contribution in [2.24, 2.45) is 0 Å². The first-order chi connectivity index (χ1) is 13.1. The summed E-state index contributed by atoms with van der Waals surface area (Å²) in [6, 6.07) is 11.6. The van der Waals surface area contributed by atoms with Crippen molar-refractivity contribution >= 4 is 18.1 Å². The number of aryl methyl sites for hydroxylation is 1. The number of aromatic nitrogens is 3. The van der Waals surface area contributed by atoms with E-state index in [0.29, 0.717) is 36.1 Å². The molecule has 1 aromatic carbocycles. The number of rotatable bonds is 8. The second-order valence-electron chi connectivity index (χ2n) is 6.19. The van der Waals surface area contributed by atoms with Crippen molar-refractivity contribution in [2.45, 2.75) is 20.0 Å². The molecule has 0 saturated carbocycles. The third-order valence-electron chi connectivity index (χ3n) is 4.21. The van der Waals surface area contributed by atoms with E-state index in [2.05, 4.69) is 10.2 Å². The summed E-state index contributed by atoms with van der Waals surface area (Å²) >= 11 is 5.34. The summed E-state index contributed by atoms with van der Waals surface area (Å²) in [7, 11) is 1.61. The Morgan fingerprint density at radius 3 is 2.78 bits per heavy atom. The number of nitrogens with zero attached hydrogens (tertiary/aromatic N) is 3. The van der Waals surface area contributed by atoms with Gasteiger partial charge in [0, 0.05) is 19.2 Å². The number of hydrogen-bond acceptors (Lipinski definition) is 5. The van der Waals surface area contributed by atoms with E-state index >= 15 is 0 Å². The molecule has 142 valence electrons. The minimum absolute atomic E-state index is 0.0863. The molecule has 8 heteroatoms. The van der Waals surface area contributed by atoms with Gasteiger partial charge in [-0.2, -0.15) is 5.10 Å². The van der Waals surface area contributed by atoms with Crippen molar-refractivity contribution in [3.8, 4) is 11.4 Å². The number of furan rings is 1. The summed E-state index contributed by atoms with van der Waals surface area (Å²) in [5, 5.41) is 7.08. The average molecular weight is 386 g/mol. The van der Waals surface area contributed by atoms with Crippen molar-refractivity contribution in [1.82, 2.24) is 19.7 Å². The Labute approximate surface area is 162 Å². The van der Waals surface area contributed by atoms with Gasteiger partial charge in [-0.25, -0.2) is 0 Å². The summed E-state index contributed by atoms with van der Waals surface area (Å²) in [4.78, 5) is 14.6. The van der Waals surface area contributed by atoms with Crippen LogP contribution >= 0.6 is 12.2 Å². The van der Waals surface area contributed by atoms with Crippen LogP contribution in [0.2, 0.25) is 0 Å². The predicted octanol–water partition coefficient (Wildman–Crippen LogP) is 3.18. The lowest BCUT2D eigenvalue weighted by Crippen LogP contribution is -2.36. The number of methoxy groups -OCH3 is 1. The summed E-state index contributed by atoms with van der Waals surface area (Å²) in [5.74, 6) is 1.27. The maximum Gasteiger partial charge on any atom is 0.243 e. The Bertz CT molecular complexity index is 929. The normalized spacial score (nSPS) is 10.9. The van der Waals surface area contributed by atoms with E-state index in [0.717, 1.165) is 11.1 Å². The van der Waals surface area contributed by atoms with Gasteiger partial charge in [-0.1, -0.05) is 29.8 Å². The smallest absolute Gasteiger partial charge is 0.243 e. The number of H-pyrrole nitrogens is 1. The molecule has 0 bridgehead atoms. The van der Waals surface area contributed by atoms with Crippen molar-refractivity contribution in [1.29, 1.82) is 0 Å². The third-order valence-corrected chi connectivity index (χ3v) is 4.52. The van der Waals surface area contributed by atoms with Gasteiger partial charge in [-0.15, -0.1) is 0 Å². The molecule has 0 saturated heterocycles. The lowest BCUT2D eigenvalue weighted by molar-refractivity contribution is -0.133. The molecule has 3 aromatic rings. The first-order valence-corrected chi connectivity index (χ1v) is 9.00. The topological polar surface area (TPSA) is 76.3 Å². The first kappa shape index (κ1) is 19.1. The molecule has 0 unspecified atom stereocenters. The van der Waals surface area contributed by atoms with Gasteiger partial charge in [0.2, 0.25) is 5.91 Å². The Morgan fingerprint density at radius 1 is 1.33 bits per heavy atom. The van der Waals surface area contributed by atoms with Crippen LogP contribution in [0, 0.1) is 11.7 Å². The zero-order chi connectivity index (χ0) is 19.2. The van der Waals surface area contributed by atoms with Gasteiger partial charge >= 0.3 is 0 Å². The molecule has 7 nitrogen and oxygen atoms in total. The quantitative estimate of drug-likeness (QED) is 0.602. The van der Waals surface area contributed by atoms with Crippen molar-refractivity contribution in [3.63, 3.8) is 0 Å². The van der Waals surface area contributed by atoms with Crippen molar-refractivity contribution in [2.75, 3.05) is 20.3 Å². The third kappa shape index (κ3) is 4.72. The highest BCUT2D eigenvalue weighted by Crippen LogP contribution is 2.18. The van der Waals surface area contributed by atoms with Crippen LogP contribution in [0.1, 0.15) is 11.3 Å². The molecule has 27 heavy (non-hydrogen) atoms. The van der Waals surface area contributed by atoms with E-state index < -0.39 is 0 Å². The average Bonchev–Trinajstić information content (AvgIpc) is 3.30. The van der Waals surface area contributed by atoms with Gasteiger partial charge in [0.15, 0.2) is 10.6 Å². The highest BCUT2D eigenvalue weighted by Gasteiger charge is 2.19. The molecule has 0 atom stereocenters. The molecule has 1 amide bonds. The summed E-state index contributed by atoms with van der Waals surface area (Å²) in [6.45, 7) is 3.38. The molecule has 2 aromatic heterocycles. The standard InChI is InChI=1S/C19H22N4O3S/c1-14-5-7-15(8-6-14)18-20-21-19(27)23(18)13-17(24)22(9-11-25-2)12-16-4-3-10-26-16/h3-8,10H,9,11-13H2,1-2H3,(H,21,27). The fraction of sp³-hybridized carbons (Fsp3) is 0.316. The summed E-state index contributed by atoms with van der Waals surface area (Å²) in [6.07, 6.45) is 1.59. The van der Waals surface area contributed by atoms with Crippen LogP contribution in [0.4, 0.5) is 0 Å². The summed E-state index contributed by atoms with van der Waals surface area (Å²) < 4.78 is 12.6. The molecule has 0 fully saturated rings. The fourth-order valence-electron chi connectivity index (χ4n) is 2.71. The molecule has 1 N–H and O–H groups in total. The SMILES string of the molecule is COCCN(Cc1ccco1)C(=O)Cn1c(-c2ccc(C)cc2)n[nH]c1=S. The van der Waals surface area contributed by atoms with Gasteiger partial charge in [0.25, 0.3) is 0 Å². The predicted molar refractivity (Wildman–Crippen MR) is 104 cm³/mol. The van der Waals surface area contributed by atoms with E-state index in [4.69, 9.17) is 21.4 Å². The van der Waals surface area contributed by atoms with Gasteiger partial charge < -0.3 is 14.1 Å². The number of benzene rings is 1. The molecular formula is C19H22N4O3S. The Balaban J connectivity index is 1.82. The van der Waals surface area contributed by atoms with Crippen LogP contribution in [0.15, 0.2) is 47.1 Å². The maximum atomic E-state index is 13.0. The lowest BCUT2D eigenvalue weighted by atomic mass is 10.1. The monoisotopic (exact) mass is 386 g/mol. The molecule has 3 rings (SSSR count).